The van der Waals surface area contributed by atoms with E-state index in [2.05, 4.69) is 25.5 Å². The van der Waals surface area contributed by atoms with Crippen LogP contribution in [0, 0.1) is 0 Å². The summed E-state index contributed by atoms with van der Waals surface area (Å²) in [6, 6.07) is 11.5. The van der Waals surface area contributed by atoms with Gasteiger partial charge in [-0.2, -0.15) is 10.2 Å². The minimum Gasteiger partial charge on any atom is -0.338 e. The Balaban J connectivity index is 1.48. The lowest BCUT2D eigenvalue weighted by Crippen LogP contribution is -2.39. The number of nitrogens with one attached hydrogen (secondary N) is 1. The van der Waals surface area contributed by atoms with Crippen LogP contribution in [0.3, 0.4) is 0 Å². The normalized spacial score (nSPS) is 16.7. The van der Waals surface area contributed by atoms with Gasteiger partial charge in [-0.05, 0) is 48.7 Å². The van der Waals surface area contributed by atoms with Crippen molar-refractivity contribution in [3.8, 4) is 0 Å². The molecule has 0 aromatic carbocycles. The van der Waals surface area contributed by atoms with Crippen molar-refractivity contribution in [3.05, 3.63) is 72.3 Å². The van der Waals surface area contributed by atoms with E-state index >= 15 is 0 Å². The molecule has 1 N–H and O–H groups in total. The maximum Gasteiger partial charge on any atom is 0.255 e. The summed E-state index contributed by atoms with van der Waals surface area (Å²) in [5.41, 5.74) is 1.76. The Morgan fingerprint density at radius 2 is 1.96 bits per heavy atom. The monoisotopic (exact) mass is 360 g/mol. The van der Waals surface area contributed by atoms with E-state index in [4.69, 9.17) is 0 Å². The lowest BCUT2D eigenvalue weighted by atomic mass is 9.91. The van der Waals surface area contributed by atoms with Gasteiger partial charge in [0.05, 0.1) is 18.0 Å². The number of hydrogen-bond donors (Lipinski definition) is 1. The van der Waals surface area contributed by atoms with Crippen LogP contribution in [0.5, 0.6) is 0 Å². The van der Waals surface area contributed by atoms with E-state index < -0.39 is 0 Å². The average molecular weight is 360 g/mol. The lowest BCUT2D eigenvalue weighted by Gasteiger charge is -2.33. The van der Waals surface area contributed by atoms with Crippen LogP contribution in [-0.4, -0.2) is 44.1 Å². The second-order valence-electron chi connectivity index (χ2n) is 6.54. The molecule has 1 aliphatic heterocycles. The van der Waals surface area contributed by atoms with Gasteiger partial charge >= 0.3 is 0 Å². The molecule has 3 aromatic heterocycles. The summed E-state index contributed by atoms with van der Waals surface area (Å²) >= 11 is 0. The van der Waals surface area contributed by atoms with E-state index in [-0.39, 0.29) is 11.8 Å². The van der Waals surface area contributed by atoms with Crippen LogP contribution in [0.1, 0.15) is 34.7 Å². The predicted octanol–water partition coefficient (Wildman–Crippen LogP) is 3.03. The van der Waals surface area contributed by atoms with Crippen molar-refractivity contribution in [1.29, 1.82) is 0 Å². The zero-order chi connectivity index (χ0) is 18.5. The molecule has 1 aliphatic rings. The highest BCUT2D eigenvalue weighted by Crippen LogP contribution is 2.29. The van der Waals surface area contributed by atoms with Gasteiger partial charge in [0.1, 0.15) is 11.6 Å². The molecular formula is C20H20N6O. The van der Waals surface area contributed by atoms with Crippen molar-refractivity contribution in [3.63, 3.8) is 0 Å². The quantitative estimate of drug-likeness (QED) is 0.770. The number of carbonyl (C=O) groups excluding carboxylic acids is 1. The maximum absolute atomic E-state index is 12.7. The summed E-state index contributed by atoms with van der Waals surface area (Å²) in [5, 5.41) is 10.8. The van der Waals surface area contributed by atoms with Gasteiger partial charge in [0, 0.05) is 31.4 Å². The predicted molar refractivity (Wildman–Crippen MR) is 102 cm³/mol. The fourth-order valence-corrected chi connectivity index (χ4v) is 3.37. The van der Waals surface area contributed by atoms with Gasteiger partial charge in [-0.3, -0.25) is 4.79 Å². The zero-order valence-electron chi connectivity index (χ0n) is 14.8. The van der Waals surface area contributed by atoms with Gasteiger partial charge in [-0.1, -0.05) is 6.07 Å². The number of rotatable bonds is 4. The summed E-state index contributed by atoms with van der Waals surface area (Å²) in [4.78, 5) is 23.3. The Kier molecular flexibility index (Phi) is 5.00. The Morgan fingerprint density at radius 3 is 2.78 bits per heavy atom. The molecule has 4 rings (SSSR count). The first-order valence-corrected chi connectivity index (χ1v) is 8.99. The summed E-state index contributed by atoms with van der Waals surface area (Å²) < 4.78 is 0. The first-order valence-electron chi connectivity index (χ1n) is 8.99. The van der Waals surface area contributed by atoms with Gasteiger partial charge in [0.15, 0.2) is 0 Å². The Labute approximate surface area is 157 Å². The first kappa shape index (κ1) is 17.1. The van der Waals surface area contributed by atoms with E-state index in [0.717, 1.165) is 31.0 Å². The van der Waals surface area contributed by atoms with Crippen molar-refractivity contribution in [2.75, 3.05) is 18.4 Å². The molecule has 136 valence electrons. The van der Waals surface area contributed by atoms with Crippen molar-refractivity contribution < 1.29 is 4.79 Å². The van der Waals surface area contributed by atoms with Gasteiger partial charge in [0.25, 0.3) is 5.91 Å². The molecule has 0 spiro atoms. The van der Waals surface area contributed by atoms with E-state index in [1.54, 1.807) is 24.7 Å². The molecule has 7 heteroatoms. The summed E-state index contributed by atoms with van der Waals surface area (Å²) in [5.74, 6) is 1.81. The highest BCUT2D eigenvalue weighted by Gasteiger charge is 2.26. The molecule has 1 saturated heterocycles. The topological polar surface area (TPSA) is 83.9 Å². The number of nitrogens with zero attached hydrogens (tertiary/aromatic N) is 5. The molecule has 1 fully saturated rings. The number of likely N-dealkylation sites (tertiary alicyclic amines) is 1. The number of amides is 1. The van der Waals surface area contributed by atoms with Crippen molar-refractivity contribution >= 4 is 17.5 Å². The molecule has 3 aromatic rings. The van der Waals surface area contributed by atoms with Crippen LogP contribution >= 0.6 is 0 Å². The maximum atomic E-state index is 12.7. The van der Waals surface area contributed by atoms with Gasteiger partial charge in [-0.15, -0.1) is 0 Å². The van der Waals surface area contributed by atoms with Crippen molar-refractivity contribution in [1.82, 2.24) is 25.1 Å². The standard InChI is InChI=1S/C20H20N6O/c27-20(16-7-10-23-24-13-16)26-11-3-4-17(14-26)15-6-9-22-19(12-15)25-18-5-1-2-8-21-18/h1-2,5-10,12-13,17H,3-4,11,14H2,(H,21,22,25). The second kappa shape index (κ2) is 7.90. The van der Waals surface area contributed by atoms with Crippen LogP contribution < -0.4 is 5.32 Å². The van der Waals surface area contributed by atoms with E-state index in [1.165, 1.54) is 11.8 Å². The highest BCUT2D eigenvalue weighted by molar-refractivity contribution is 5.93. The molecule has 0 radical (unpaired) electrons. The third-order valence-electron chi connectivity index (χ3n) is 4.72. The molecule has 0 aliphatic carbocycles. The van der Waals surface area contributed by atoms with Crippen LogP contribution in [0.25, 0.3) is 0 Å². The number of carbonyl (C=O) groups is 1. The van der Waals surface area contributed by atoms with Crippen LogP contribution in [-0.2, 0) is 0 Å². The van der Waals surface area contributed by atoms with Crippen LogP contribution in [0.4, 0.5) is 11.6 Å². The highest BCUT2D eigenvalue weighted by atomic mass is 16.2. The summed E-state index contributed by atoms with van der Waals surface area (Å²) in [7, 11) is 0. The Hall–Kier alpha value is -3.35. The molecule has 4 heterocycles. The molecular weight excluding hydrogens is 340 g/mol. The Morgan fingerprint density at radius 1 is 1.04 bits per heavy atom. The summed E-state index contributed by atoms with van der Waals surface area (Å²) in [6.07, 6.45) is 8.63. The SMILES string of the molecule is O=C(c1ccnnc1)N1CCCC(c2ccnc(Nc3ccccn3)c2)C1. The van der Waals surface area contributed by atoms with Crippen LogP contribution in [0.15, 0.2) is 61.2 Å². The van der Waals surface area contributed by atoms with E-state index in [0.29, 0.717) is 12.1 Å². The molecule has 7 nitrogen and oxygen atoms in total. The van der Waals surface area contributed by atoms with Crippen molar-refractivity contribution in [2.45, 2.75) is 18.8 Å². The number of anilines is 2. The largest absolute Gasteiger partial charge is 0.338 e. The first-order chi connectivity index (χ1) is 13.3. The third kappa shape index (κ3) is 4.08. The molecule has 0 bridgehead atoms. The molecule has 0 saturated carbocycles. The average Bonchev–Trinajstić information content (AvgIpc) is 2.75. The number of aromatic nitrogens is 4. The second-order valence-corrected chi connectivity index (χ2v) is 6.54. The van der Waals surface area contributed by atoms with E-state index in [1.807, 2.05) is 35.2 Å². The van der Waals surface area contributed by atoms with Crippen molar-refractivity contribution in [2.24, 2.45) is 0 Å². The lowest BCUT2D eigenvalue weighted by molar-refractivity contribution is 0.0706. The fraction of sp³-hybridized carbons (Fsp3) is 0.250. The van der Waals surface area contributed by atoms with Gasteiger partial charge in [-0.25, -0.2) is 9.97 Å². The number of pyridine rings is 2. The van der Waals surface area contributed by atoms with Gasteiger partial charge < -0.3 is 10.2 Å². The third-order valence-corrected chi connectivity index (χ3v) is 4.72. The van der Waals surface area contributed by atoms with Crippen LogP contribution in [0.2, 0.25) is 0 Å². The zero-order valence-corrected chi connectivity index (χ0v) is 14.8. The molecule has 1 unspecified atom stereocenters. The molecule has 1 atom stereocenters. The van der Waals surface area contributed by atoms with Gasteiger partial charge in [0.2, 0.25) is 0 Å². The summed E-state index contributed by atoms with van der Waals surface area (Å²) in [6.45, 7) is 1.45. The molecule has 27 heavy (non-hydrogen) atoms. The minimum atomic E-state index is 0.00971. The van der Waals surface area contributed by atoms with E-state index in [9.17, 15) is 4.79 Å². The smallest absolute Gasteiger partial charge is 0.255 e. The fourth-order valence-electron chi connectivity index (χ4n) is 3.37. The number of hydrogen-bond acceptors (Lipinski definition) is 6. The molecule has 1 amide bonds. The number of piperidine rings is 1. The Bertz CT molecular complexity index is 903. The minimum absolute atomic E-state index is 0.00971.